The van der Waals surface area contributed by atoms with E-state index in [-0.39, 0.29) is 5.82 Å². The summed E-state index contributed by atoms with van der Waals surface area (Å²) in [4.78, 5) is 4.14. The minimum absolute atomic E-state index is 0.331. The first-order valence-electron chi connectivity index (χ1n) is 6.44. The second kappa shape index (κ2) is 7.81. The van der Waals surface area contributed by atoms with Gasteiger partial charge < -0.3 is 14.8 Å². The summed E-state index contributed by atoms with van der Waals surface area (Å²) in [6.45, 7) is 1.32. The molecule has 0 saturated carbocycles. The number of benzene rings is 1. The molecule has 6 heteroatoms. The van der Waals surface area contributed by atoms with E-state index in [0.717, 1.165) is 5.69 Å². The summed E-state index contributed by atoms with van der Waals surface area (Å²) in [5, 5.41) is 3.47. The molecule has 2 aromatic rings. The molecule has 1 aromatic carbocycles. The van der Waals surface area contributed by atoms with Crippen LogP contribution in [0.4, 0.5) is 10.1 Å². The van der Waals surface area contributed by atoms with E-state index >= 15 is 0 Å². The molecule has 0 saturated heterocycles. The van der Waals surface area contributed by atoms with Crippen molar-refractivity contribution in [3.63, 3.8) is 0 Å². The fourth-order valence-corrected chi connectivity index (χ4v) is 1.82. The third kappa shape index (κ3) is 4.88. The zero-order valence-corrected chi connectivity index (χ0v) is 12.4. The van der Waals surface area contributed by atoms with Gasteiger partial charge in [-0.15, -0.1) is 0 Å². The molecule has 0 aliphatic rings. The van der Waals surface area contributed by atoms with E-state index in [1.807, 2.05) is 6.07 Å². The Balaban J connectivity index is 1.88. The number of aromatic nitrogens is 1. The summed E-state index contributed by atoms with van der Waals surface area (Å²) in [6, 6.07) is 8.18. The molecule has 0 atom stereocenters. The van der Waals surface area contributed by atoms with Crippen LogP contribution in [-0.4, -0.2) is 25.3 Å². The first-order valence-corrected chi connectivity index (χ1v) is 6.82. The lowest BCUT2D eigenvalue weighted by atomic mass is 10.2. The Morgan fingerprint density at radius 3 is 2.76 bits per heavy atom. The number of hydrogen-bond donors (Lipinski definition) is 1. The quantitative estimate of drug-likeness (QED) is 0.795. The zero-order valence-electron chi connectivity index (χ0n) is 11.6. The fraction of sp³-hybridized carbons (Fsp3) is 0.267. The van der Waals surface area contributed by atoms with Gasteiger partial charge in [0.25, 0.3) is 0 Å². The van der Waals surface area contributed by atoms with Crippen LogP contribution in [0.25, 0.3) is 0 Å². The van der Waals surface area contributed by atoms with Crippen LogP contribution < -0.4 is 10.1 Å². The van der Waals surface area contributed by atoms with Crippen LogP contribution in [0, 0.1) is 5.82 Å². The number of methoxy groups -OCH3 is 1. The molecule has 112 valence electrons. The molecule has 4 nitrogen and oxygen atoms in total. The van der Waals surface area contributed by atoms with Crippen molar-refractivity contribution >= 4 is 17.3 Å². The van der Waals surface area contributed by atoms with Crippen molar-refractivity contribution in [1.29, 1.82) is 0 Å². The van der Waals surface area contributed by atoms with Gasteiger partial charge >= 0.3 is 0 Å². The molecular formula is C15H16ClFN2O2. The number of nitrogens with one attached hydrogen (secondary N) is 1. The van der Waals surface area contributed by atoms with Crippen molar-refractivity contribution in [2.24, 2.45) is 0 Å². The normalized spacial score (nSPS) is 10.4. The summed E-state index contributed by atoms with van der Waals surface area (Å²) in [5.41, 5.74) is 1.32. The molecule has 0 amide bonds. The second-order valence-corrected chi connectivity index (χ2v) is 4.75. The molecule has 0 spiro atoms. The van der Waals surface area contributed by atoms with Gasteiger partial charge in [-0.2, -0.15) is 0 Å². The van der Waals surface area contributed by atoms with Crippen LogP contribution in [0.1, 0.15) is 5.56 Å². The van der Waals surface area contributed by atoms with Crippen molar-refractivity contribution in [3.05, 3.63) is 52.9 Å². The Morgan fingerprint density at radius 1 is 1.24 bits per heavy atom. The number of halogens is 2. The lowest BCUT2D eigenvalue weighted by Crippen LogP contribution is -2.06. The van der Waals surface area contributed by atoms with Crippen LogP contribution in [0.2, 0.25) is 5.02 Å². The molecule has 1 heterocycles. The molecule has 0 bridgehead atoms. The smallest absolute Gasteiger partial charge is 0.213 e. The van der Waals surface area contributed by atoms with Gasteiger partial charge in [0, 0.05) is 30.3 Å². The molecular weight excluding hydrogens is 295 g/mol. The van der Waals surface area contributed by atoms with Crippen LogP contribution in [-0.2, 0) is 11.3 Å². The summed E-state index contributed by atoms with van der Waals surface area (Å²) >= 11 is 5.71. The van der Waals surface area contributed by atoms with Gasteiger partial charge in [-0.05, 0) is 18.2 Å². The highest BCUT2D eigenvalue weighted by atomic mass is 35.5. The second-order valence-electron chi connectivity index (χ2n) is 4.32. The predicted octanol–water partition coefficient (Wildman–Crippen LogP) is 3.51. The van der Waals surface area contributed by atoms with Gasteiger partial charge in [0.05, 0.1) is 18.5 Å². The Labute approximate surface area is 127 Å². The largest absolute Gasteiger partial charge is 0.475 e. The maximum absolute atomic E-state index is 13.6. The van der Waals surface area contributed by atoms with E-state index < -0.39 is 0 Å². The number of hydrogen-bond acceptors (Lipinski definition) is 4. The summed E-state index contributed by atoms with van der Waals surface area (Å²) < 4.78 is 23.9. The lowest BCUT2D eigenvalue weighted by Gasteiger charge is -2.09. The van der Waals surface area contributed by atoms with Crippen molar-refractivity contribution in [2.45, 2.75) is 6.54 Å². The van der Waals surface area contributed by atoms with Gasteiger partial charge in [-0.3, -0.25) is 0 Å². The number of anilines is 1. The first-order chi connectivity index (χ1) is 10.2. The fourth-order valence-electron chi connectivity index (χ4n) is 1.66. The maximum atomic E-state index is 13.6. The average Bonchev–Trinajstić information content (AvgIpc) is 2.48. The summed E-state index contributed by atoms with van der Waals surface area (Å²) in [5.74, 6) is 0.192. The molecule has 0 radical (unpaired) electrons. The highest BCUT2D eigenvalue weighted by Crippen LogP contribution is 2.17. The van der Waals surface area contributed by atoms with Crippen LogP contribution in [0.3, 0.4) is 0 Å². The predicted molar refractivity (Wildman–Crippen MR) is 80.3 cm³/mol. The minimum atomic E-state index is -0.331. The molecule has 0 unspecified atom stereocenters. The van der Waals surface area contributed by atoms with Crippen molar-refractivity contribution in [3.8, 4) is 5.88 Å². The zero-order chi connectivity index (χ0) is 15.1. The molecule has 0 aliphatic heterocycles. The van der Waals surface area contributed by atoms with E-state index in [1.54, 1.807) is 31.5 Å². The van der Waals surface area contributed by atoms with E-state index in [9.17, 15) is 4.39 Å². The minimum Gasteiger partial charge on any atom is -0.475 e. The maximum Gasteiger partial charge on any atom is 0.213 e. The molecule has 0 aliphatic carbocycles. The number of pyridine rings is 1. The number of rotatable bonds is 7. The topological polar surface area (TPSA) is 43.4 Å². The molecule has 0 fully saturated rings. The first kappa shape index (κ1) is 15.5. The van der Waals surface area contributed by atoms with E-state index in [4.69, 9.17) is 21.1 Å². The molecule has 1 N–H and O–H groups in total. The van der Waals surface area contributed by atoms with E-state index in [0.29, 0.717) is 36.2 Å². The Bertz CT molecular complexity index is 578. The molecule has 21 heavy (non-hydrogen) atoms. The monoisotopic (exact) mass is 310 g/mol. The SMILES string of the molecule is COCCOc1ccc(NCc2ccc(Cl)cc2F)cn1. The Kier molecular flexibility index (Phi) is 5.78. The van der Waals surface area contributed by atoms with Crippen LogP contribution >= 0.6 is 11.6 Å². The third-order valence-corrected chi connectivity index (χ3v) is 3.01. The molecule has 2 rings (SSSR count). The lowest BCUT2D eigenvalue weighted by molar-refractivity contribution is 0.144. The van der Waals surface area contributed by atoms with Gasteiger partial charge in [0.15, 0.2) is 0 Å². The van der Waals surface area contributed by atoms with Gasteiger partial charge in [-0.25, -0.2) is 9.37 Å². The van der Waals surface area contributed by atoms with E-state index in [1.165, 1.54) is 6.07 Å². The van der Waals surface area contributed by atoms with E-state index in [2.05, 4.69) is 10.3 Å². The van der Waals surface area contributed by atoms with Gasteiger partial charge in [-0.1, -0.05) is 17.7 Å². The van der Waals surface area contributed by atoms with Crippen LogP contribution in [0.5, 0.6) is 5.88 Å². The molecule has 1 aromatic heterocycles. The number of nitrogens with zero attached hydrogens (tertiary/aromatic N) is 1. The Morgan fingerprint density at radius 2 is 2.10 bits per heavy atom. The standard InChI is InChI=1S/C15H16ClFN2O2/c1-20-6-7-21-15-5-4-13(10-19-15)18-9-11-2-3-12(16)8-14(11)17/h2-5,8,10,18H,6-7,9H2,1H3. The van der Waals surface area contributed by atoms with Crippen molar-refractivity contribution in [2.75, 3.05) is 25.6 Å². The van der Waals surface area contributed by atoms with Crippen molar-refractivity contribution < 1.29 is 13.9 Å². The highest BCUT2D eigenvalue weighted by Gasteiger charge is 2.03. The summed E-state index contributed by atoms with van der Waals surface area (Å²) in [7, 11) is 1.61. The number of ether oxygens (including phenoxy) is 2. The van der Waals surface area contributed by atoms with Crippen LogP contribution in [0.15, 0.2) is 36.5 Å². The summed E-state index contributed by atoms with van der Waals surface area (Å²) in [6.07, 6.45) is 1.63. The highest BCUT2D eigenvalue weighted by molar-refractivity contribution is 6.30. The Hall–Kier alpha value is -1.85. The van der Waals surface area contributed by atoms with Gasteiger partial charge in [0.2, 0.25) is 5.88 Å². The van der Waals surface area contributed by atoms with Gasteiger partial charge in [0.1, 0.15) is 12.4 Å². The third-order valence-electron chi connectivity index (χ3n) is 2.77. The van der Waals surface area contributed by atoms with Crippen molar-refractivity contribution in [1.82, 2.24) is 4.98 Å². The average molecular weight is 311 g/mol.